The average Bonchev–Trinajstić information content (AvgIpc) is 2.80. The fourth-order valence-corrected chi connectivity index (χ4v) is 2.64. The van der Waals surface area contributed by atoms with Crippen molar-refractivity contribution >= 4 is 5.69 Å². The van der Waals surface area contributed by atoms with Crippen LogP contribution in [0.1, 0.15) is 16.7 Å². The Kier molecular flexibility index (Phi) is 3.16. The Morgan fingerprint density at radius 3 is 2.50 bits per heavy atom. The molecule has 4 heteroatoms. The van der Waals surface area contributed by atoms with E-state index in [0.717, 1.165) is 23.7 Å². The van der Waals surface area contributed by atoms with Crippen LogP contribution in [0, 0.1) is 0 Å². The highest BCUT2D eigenvalue weighted by Gasteiger charge is 2.32. The van der Waals surface area contributed by atoms with Crippen molar-refractivity contribution in [1.82, 2.24) is 0 Å². The van der Waals surface area contributed by atoms with Crippen molar-refractivity contribution in [1.29, 1.82) is 0 Å². The molecule has 0 aromatic heterocycles. The minimum absolute atomic E-state index is 0.163. The van der Waals surface area contributed by atoms with Gasteiger partial charge in [0.1, 0.15) is 0 Å². The van der Waals surface area contributed by atoms with E-state index in [-0.39, 0.29) is 6.04 Å². The van der Waals surface area contributed by atoms with E-state index in [4.69, 9.17) is 0 Å². The number of anilines is 1. The van der Waals surface area contributed by atoms with Gasteiger partial charge in [-0.2, -0.15) is 13.2 Å². The lowest BCUT2D eigenvalue weighted by molar-refractivity contribution is -0.137. The maximum atomic E-state index is 12.7. The second kappa shape index (κ2) is 4.85. The van der Waals surface area contributed by atoms with Gasteiger partial charge in [0.2, 0.25) is 0 Å². The van der Waals surface area contributed by atoms with Crippen molar-refractivity contribution in [2.75, 3.05) is 5.32 Å². The Morgan fingerprint density at radius 1 is 1.05 bits per heavy atom. The van der Waals surface area contributed by atoms with Gasteiger partial charge < -0.3 is 5.32 Å². The number of nitrogens with one attached hydrogen (secondary N) is 1. The Morgan fingerprint density at radius 2 is 1.80 bits per heavy atom. The van der Waals surface area contributed by atoms with E-state index in [0.29, 0.717) is 6.42 Å². The second-order valence-electron chi connectivity index (χ2n) is 5.10. The molecule has 1 aliphatic rings. The first-order valence-corrected chi connectivity index (χ1v) is 6.53. The molecule has 0 saturated heterocycles. The van der Waals surface area contributed by atoms with Crippen molar-refractivity contribution in [2.45, 2.75) is 25.1 Å². The van der Waals surface area contributed by atoms with Gasteiger partial charge in [-0.25, -0.2) is 0 Å². The number of halogens is 3. The third-order valence-electron chi connectivity index (χ3n) is 3.58. The molecule has 1 N–H and O–H groups in total. The molecule has 2 aromatic rings. The van der Waals surface area contributed by atoms with Gasteiger partial charge in [0.15, 0.2) is 0 Å². The molecule has 0 spiro atoms. The first-order chi connectivity index (χ1) is 9.52. The number of alkyl halides is 3. The molecule has 1 atom stereocenters. The zero-order valence-electron chi connectivity index (χ0n) is 10.7. The van der Waals surface area contributed by atoms with Crippen LogP contribution in [0.4, 0.5) is 18.9 Å². The Balaban J connectivity index is 1.76. The zero-order chi connectivity index (χ0) is 14.2. The molecular formula is C16H14F3N. The molecule has 1 heterocycles. The molecule has 0 aliphatic carbocycles. The average molecular weight is 277 g/mol. The van der Waals surface area contributed by atoms with Gasteiger partial charge >= 0.3 is 6.18 Å². The molecular weight excluding hydrogens is 263 g/mol. The first-order valence-electron chi connectivity index (χ1n) is 6.53. The minimum Gasteiger partial charge on any atom is -0.381 e. The molecule has 3 rings (SSSR count). The molecule has 0 saturated carbocycles. The van der Waals surface area contributed by atoms with Crippen LogP contribution in [0.3, 0.4) is 0 Å². The van der Waals surface area contributed by atoms with Crippen LogP contribution in [0.2, 0.25) is 0 Å². The molecule has 20 heavy (non-hydrogen) atoms. The van der Waals surface area contributed by atoms with Crippen molar-refractivity contribution in [3.8, 4) is 0 Å². The fourth-order valence-electron chi connectivity index (χ4n) is 2.64. The monoisotopic (exact) mass is 277 g/mol. The van der Waals surface area contributed by atoms with Gasteiger partial charge in [-0.3, -0.25) is 0 Å². The third kappa shape index (κ3) is 2.64. The van der Waals surface area contributed by atoms with E-state index >= 15 is 0 Å². The van der Waals surface area contributed by atoms with Gasteiger partial charge in [0.05, 0.1) is 5.56 Å². The normalized spacial score (nSPS) is 17.6. The van der Waals surface area contributed by atoms with E-state index in [1.54, 1.807) is 0 Å². The van der Waals surface area contributed by atoms with Gasteiger partial charge in [0.25, 0.3) is 0 Å². The summed E-state index contributed by atoms with van der Waals surface area (Å²) in [7, 11) is 0. The van der Waals surface area contributed by atoms with Crippen LogP contribution in [-0.2, 0) is 19.0 Å². The predicted octanol–water partition coefficient (Wildman–Crippen LogP) is 4.28. The van der Waals surface area contributed by atoms with E-state index in [1.165, 1.54) is 17.7 Å². The Hall–Kier alpha value is -1.97. The molecule has 1 nitrogen and oxygen atoms in total. The predicted molar refractivity (Wildman–Crippen MR) is 72.7 cm³/mol. The SMILES string of the molecule is FC(F)(F)c1ccc2c(c1)CC(Cc1ccccc1)N2. The molecule has 104 valence electrons. The van der Waals surface area contributed by atoms with Crippen LogP contribution in [0.15, 0.2) is 48.5 Å². The number of rotatable bonds is 2. The van der Waals surface area contributed by atoms with Crippen molar-refractivity contribution in [3.05, 3.63) is 65.2 Å². The van der Waals surface area contributed by atoms with Gasteiger partial charge in [0, 0.05) is 11.7 Å². The zero-order valence-corrected chi connectivity index (χ0v) is 10.7. The third-order valence-corrected chi connectivity index (χ3v) is 3.58. The van der Waals surface area contributed by atoms with E-state index in [2.05, 4.69) is 5.32 Å². The maximum absolute atomic E-state index is 12.7. The highest BCUT2D eigenvalue weighted by molar-refractivity contribution is 5.58. The molecule has 0 fully saturated rings. The minimum atomic E-state index is -4.27. The highest BCUT2D eigenvalue weighted by Crippen LogP contribution is 2.35. The lowest BCUT2D eigenvalue weighted by Crippen LogP contribution is -2.18. The summed E-state index contributed by atoms with van der Waals surface area (Å²) in [5.74, 6) is 0. The van der Waals surface area contributed by atoms with Crippen LogP contribution in [0.25, 0.3) is 0 Å². The number of hydrogen-bond donors (Lipinski definition) is 1. The summed E-state index contributed by atoms with van der Waals surface area (Å²) < 4.78 is 38.0. The van der Waals surface area contributed by atoms with Crippen molar-refractivity contribution in [2.24, 2.45) is 0 Å². The standard InChI is InChI=1S/C16H14F3N/c17-16(18,19)13-6-7-15-12(9-13)10-14(20-15)8-11-4-2-1-3-5-11/h1-7,9,14,20H,8,10H2. The van der Waals surface area contributed by atoms with Crippen molar-refractivity contribution < 1.29 is 13.2 Å². The number of hydrogen-bond acceptors (Lipinski definition) is 1. The fraction of sp³-hybridized carbons (Fsp3) is 0.250. The van der Waals surface area contributed by atoms with Crippen LogP contribution < -0.4 is 5.32 Å². The molecule has 2 aromatic carbocycles. The lowest BCUT2D eigenvalue weighted by atomic mass is 10.0. The van der Waals surface area contributed by atoms with Crippen molar-refractivity contribution in [3.63, 3.8) is 0 Å². The van der Waals surface area contributed by atoms with E-state index in [9.17, 15) is 13.2 Å². The Bertz CT molecular complexity index is 605. The Labute approximate surface area is 115 Å². The van der Waals surface area contributed by atoms with Crippen LogP contribution in [0.5, 0.6) is 0 Å². The molecule has 0 amide bonds. The second-order valence-corrected chi connectivity index (χ2v) is 5.10. The summed E-state index contributed by atoms with van der Waals surface area (Å²) in [6, 6.07) is 14.1. The smallest absolute Gasteiger partial charge is 0.381 e. The summed E-state index contributed by atoms with van der Waals surface area (Å²) in [5, 5.41) is 3.29. The first kappa shape index (κ1) is 13.0. The highest BCUT2D eigenvalue weighted by atomic mass is 19.4. The topological polar surface area (TPSA) is 12.0 Å². The number of benzene rings is 2. The molecule has 1 aliphatic heterocycles. The quantitative estimate of drug-likeness (QED) is 0.863. The van der Waals surface area contributed by atoms with Crippen LogP contribution >= 0.6 is 0 Å². The summed E-state index contributed by atoms with van der Waals surface area (Å²) in [6.45, 7) is 0. The number of fused-ring (bicyclic) bond motifs is 1. The lowest BCUT2D eigenvalue weighted by Gasteiger charge is -2.10. The molecule has 0 radical (unpaired) electrons. The molecule has 0 bridgehead atoms. The van der Waals surface area contributed by atoms with Gasteiger partial charge in [-0.1, -0.05) is 30.3 Å². The van der Waals surface area contributed by atoms with Gasteiger partial charge in [-0.05, 0) is 42.2 Å². The summed E-state index contributed by atoms with van der Waals surface area (Å²) in [5.41, 5.74) is 2.19. The van der Waals surface area contributed by atoms with Gasteiger partial charge in [-0.15, -0.1) is 0 Å². The largest absolute Gasteiger partial charge is 0.416 e. The molecule has 1 unspecified atom stereocenters. The van der Waals surface area contributed by atoms with E-state index < -0.39 is 11.7 Å². The maximum Gasteiger partial charge on any atom is 0.416 e. The summed E-state index contributed by atoms with van der Waals surface area (Å²) >= 11 is 0. The summed E-state index contributed by atoms with van der Waals surface area (Å²) in [4.78, 5) is 0. The van der Waals surface area contributed by atoms with Crippen LogP contribution in [-0.4, -0.2) is 6.04 Å². The summed E-state index contributed by atoms with van der Waals surface area (Å²) in [6.07, 6.45) is -2.82. The van der Waals surface area contributed by atoms with E-state index in [1.807, 2.05) is 30.3 Å².